The number of hydrogen-bond donors (Lipinski definition) is 4. The molecule has 2 aromatic heterocycles. The minimum atomic E-state index is -2.42. The number of ether oxygens (including phenoxy) is 1. The molecule has 5 N–H and O–H groups in total. The Kier molecular flexibility index (Phi) is 8.93. The summed E-state index contributed by atoms with van der Waals surface area (Å²) in [5, 5.41) is 30.9. The van der Waals surface area contributed by atoms with Gasteiger partial charge in [-0.05, 0) is 37.8 Å². The molecule has 35 heavy (non-hydrogen) atoms. The van der Waals surface area contributed by atoms with Gasteiger partial charge >= 0.3 is 0 Å². The van der Waals surface area contributed by atoms with Gasteiger partial charge in [0.2, 0.25) is 5.28 Å². The molecule has 4 rings (SSSR count). The number of aromatic nitrogens is 4. The molecule has 15 heteroatoms. The number of nitrogens with zero attached hydrogens (tertiary/aromatic N) is 4. The van der Waals surface area contributed by atoms with Crippen LogP contribution in [0.4, 0.5) is 5.82 Å². The Labute approximate surface area is 217 Å². The van der Waals surface area contributed by atoms with Crippen molar-refractivity contribution in [2.45, 2.75) is 49.4 Å². The number of halogens is 1. The number of rotatable bonds is 13. The second-order valence-corrected chi connectivity index (χ2v) is 13.4. The van der Waals surface area contributed by atoms with E-state index in [1.807, 2.05) is 6.92 Å². The molecular weight excluding hydrogens is 537 g/mol. The van der Waals surface area contributed by atoms with Gasteiger partial charge in [0.05, 0.1) is 37.1 Å². The first-order chi connectivity index (χ1) is 16.6. The second kappa shape index (κ2) is 11.4. The Bertz CT molecular complexity index is 1070. The van der Waals surface area contributed by atoms with E-state index in [1.165, 1.54) is 18.1 Å². The highest BCUT2D eigenvalue weighted by Gasteiger charge is 2.71. The maximum absolute atomic E-state index is 12.7. The van der Waals surface area contributed by atoms with Gasteiger partial charge in [-0.15, -0.1) is 23.5 Å². The second-order valence-electron chi connectivity index (χ2n) is 8.85. The summed E-state index contributed by atoms with van der Waals surface area (Å²) < 4.78 is 25.7. The normalized spacial score (nSPS) is 30.3. The van der Waals surface area contributed by atoms with E-state index in [2.05, 4.69) is 15.0 Å². The first-order valence-corrected chi connectivity index (χ1v) is 15.3. The average molecular weight is 568 g/mol. The standard InChI is InChI=1S/C20H31ClN5O6PS2/c1-10(27)34-5-3-31-11(2)35-6-4-32-33(30)8-20-7-12(20)14(15(28)16(20)29)26-9-23-13-17(22)24-19(21)25-18(13)26/h9-12,14-16,27-29,33H,3-8H2,1-2H3,(H2,22,24,25)/t10?,11?,12-,14-,15+,16+,20-/m1/s1. The predicted octanol–water partition coefficient (Wildman–Crippen LogP) is 2.00. The zero-order valence-corrected chi connectivity index (χ0v) is 22.8. The highest BCUT2D eigenvalue weighted by molar-refractivity contribution is 8.00. The van der Waals surface area contributed by atoms with Crippen molar-refractivity contribution in [1.29, 1.82) is 0 Å². The molecule has 0 aromatic carbocycles. The van der Waals surface area contributed by atoms with Gasteiger partial charge < -0.3 is 34.9 Å². The van der Waals surface area contributed by atoms with Crippen LogP contribution in [-0.2, 0) is 13.8 Å². The summed E-state index contributed by atoms with van der Waals surface area (Å²) in [5.41, 5.74) is 5.56. The molecule has 8 atom stereocenters. The minimum Gasteiger partial charge on any atom is -0.390 e. The highest BCUT2D eigenvalue weighted by Crippen LogP contribution is 2.70. The fourth-order valence-corrected chi connectivity index (χ4v) is 8.02. The number of nitrogen functional groups attached to an aromatic ring is 1. The van der Waals surface area contributed by atoms with Crippen LogP contribution in [-0.4, -0.2) is 88.8 Å². The lowest BCUT2D eigenvalue weighted by Crippen LogP contribution is -2.35. The van der Waals surface area contributed by atoms with Crippen LogP contribution in [0.15, 0.2) is 6.33 Å². The van der Waals surface area contributed by atoms with Crippen molar-refractivity contribution in [3.05, 3.63) is 11.6 Å². The Hall–Kier alpha value is -0.630. The number of thioether (sulfide) groups is 2. The molecule has 0 amide bonds. The lowest BCUT2D eigenvalue weighted by Gasteiger charge is -2.24. The molecular formula is C20H31ClN5O6PS2. The molecule has 2 saturated carbocycles. The fraction of sp³-hybridized carbons (Fsp3) is 0.750. The van der Waals surface area contributed by atoms with E-state index in [4.69, 9.17) is 26.6 Å². The first kappa shape index (κ1) is 27.4. The number of aliphatic hydroxyl groups is 3. The Morgan fingerprint density at radius 3 is 2.80 bits per heavy atom. The van der Waals surface area contributed by atoms with E-state index < -0.39 is 37.1 Å². The monoisotopic (exact) mass is 567 g/mol. The van der Waals surface area contributed by atoms with Crippen LogP contribution in [0.3, 0.4) is 0 Å². The van der Waals surface area contributed by atoms with Crippen LogP contribution in [0.25, 0.3) is 11.2 Å². The molecule has 0 spiro atoms. The van der Waals surface area contributed by atoms with Gasteiger partial charge in [0, 0.05) is 23.1 Å². The molecule has 196 valence electrons. The van der Waals surface area contributed by atoms with E-state index in [9.17, 15) is 19.9 Å². The largest absolute Gasteiger partial charge is 0.390 e. The third-order valence-electron chi connectivity index (χ3n) is 6.56. The first-order valence-electron chi connectivity index (χ1n) is 11.3. The summed E-state index contributed by atoms with van der Waals surface area (Å²) in [6, 6.07) is -0.490. The molecule has 0 radical (unpaired) electrons. The zero-order valence-electron chi connectivity index (χ0n) is 19.4. The van der Waals surface area contributed by atoms with Crippen molar-refractivity contribution in [1.82, 2.24) is 19.5 Å². The lowest BCUT2D eigenvalue weighted by atomic mass is 10.0. The van der Waals surface area contributed by atoms with Crippen molar-refractivity contribution in [3.8, 4) is 0 Å². The zero-order chi connectivity index (χ0) is 25.3. The van der Waals surface area contributed by atoms with E-state index in [0.29, 0.717) is 42.3 Å². The quantitative estimate of drug-likeness (QED) is 0.120. The molecule has 2 heterocycles. The molecule has 2 aliphatic rings. The summed E-state index contributed by atoms with van der Waals surface area (Å²) >= 11 is 8.94. The molecule has 2 aliphatic carbocycles. The topological polar surface area (TPSA) is 166 Å². The maximum atomic E-state index is 12.7. The molecule has 3 unspecified atom stereocenters. The SMILES string of the molecule is CC(O)SCCOC(C)SCCO[PH](=O)C[C@]12C[C@@H]1[C@@H](n1cnc3c(N)nc(Cl)nc31)[C@H](O)[C@@H]2O. The summed E-state index contributed by atoms with van der Waals surface area (Å²) in [6.07, 6.45) is 0.230. The Balaban J connectivity index is 1.28. The molecule has 11 nitrogen and oxygen atoms in total. The van der Waals surface area contributed by atoms with Crippen molar-refractivity contribution in [2.75, 3.05) is 36.6 Å². The number of fused-ring (bicyclic) bond motifs is 2. The summed E-state index contributed by atoms with van der Waals surface area (Å²) in [7, 11) is -2.42. The van der Waals surface area contributed by atoms with Gasteiger partial charge in [-0.2, -0.15) is 9.97 Å². The van der Waals surface area contributed by atoms with Crippen LogP contribution < -0.4 is 5.73 Å². The number of aliphatic hydroxyl groups excluding tert-OH is 3. The van der Waals surface area contributed by atoms with Crippen LogP contribution in [0.2, 0.25) is 5.28 Å². The molecule has 2 aromatic rings. The number of anilines is 1. The Morgan fingerprint density at radius 2 is 2.06 bits per heavy atom. The van der Waals surface area contributed by atoms with Crippen LogP contribution in [0, 0.1) is 11.3 Å². The van der Waals surface area contributed by atoms with Crippen molar-refractivity contribution < 1.29 is 29.1 Å². The number of nitrogens with two attached hydrogens (primary N) is 1. The molecule has 0 bridgehead atoms. The van der Waals surface area contributed by atoms with Crippen molar-refractivity contribution in [2.24, 2.45) is 11.3 Å². The maximum Gasteiger partial charge on any atom is 0.226 e. The van der Waals surface area contributed by atoms with E-state index >= 15 is 0 Å². The van der Waals surface area contributed by atoms with Gasteiger partial charge in [-0.1, -0.05) is 0 Å². The number of imidazole rings is 1. The summed E-state index contributed by atoms with van der Waals surface area (Å²) in [6.45, 7) is 4.51. The van der Waals surface area contributed by atoms with Crippen LogP contribution in [0.5, 0.6) is 0 Å². The van der Waals surface area contributed by atoms with Gasteiger partial charge in [0.1, 0.15) is 17.1 Å². The number of hydrogen-bond acceptors (Lipinski definition) is 12. The van der Waals surface area contributed by atoms with Crippen molar-refractivity contribution in [3.63, 3.8) is 0 Å². The minimum absolute atomic E-state index is 0.0264. The predicted molar refractivity (Wildman–Crippen MR) is 138 cm³/mol. The molecule has 2 fully saturated rings. The van der Waals surface area contributed by atoms with Crippen LogP contribution >= 0.6 is 43.2 Å². The smallest absolute Gasteiger partial charge is 0.226 e. The van der Waals surface area contributed by atoms with E-state index in [-0.39, 0.29) is 28.6 Å². The van der Waals surface area contributed by atoms with Crippen molar-refractivity contribution >= 4 is 60.1 Å². The molecule has 0 saturated heterocycles. The molecule has 0 aliphatic heterocycles. The summed E-state index contributed by atoms with van der Waals surface area (Å²) in [4.78, 5) is 12.4. The Morgan fingerprint density at radius 1 is 1.31 bits per heavy atom. The highest BCUT2D eigenvalue weighted by atomic mass is 35.5. The average Bonchev–Trinajstić information content (AvgIpc) is 3.26. The van der Waals surface area contributed by atoms with Crippen LogP contribution in [0.1, 0.15) is 26.3 Å². The van der Waals surface area contributed by atoms with Gasteiger partial charge in [-0.25, -0.2) is 4.98 Å². The lowest BCUT2D eigenvalue weighted by molar-refractivity contribution is -0.0132. The summed E-state index contributed by atoms with van der Waals surface area (Å²) in [5.74, 6) is 1.38. The van der Waals surface area contributed by atoms with Gasteiger partial charge in [-0.3, -0.25) is 4.57 Å². The fourth-order valence-electron chi connectivity index (χ4n) is 4.88. The van der Waals surface area contributed by atoms with Gasteiger partial charge in [0.25, 0.3) is 0 Å². The van der Waals surface area contributed by atoms with E-state index in [0.717, 1.165) is 0 Å². The third kappa shape index (κ3) is 5.94. The van der Waals surface area contributed by atoms with E-state index in [1.54, 1.807) is 23.3 Å². The third-order valence-corrected chi connectivity index (χ3v) is 10.1. The van der Waals surface area contributed by atoms with Gasteiger partial charge in [0.15, 0.2) is 19.5 Å².